The molecular weight excluding hydrogens is 304 g/mol. The van der Waals surface area contributed by atoms with Gasteiger partial charge in [0.05, 0.1) is 5.69 Å². The van der Waals surface area contributed by atoms with Gasteiger partial charge in [-0.15, -0.1) is 0 Å². The van der Waals surface area contributed by atoms with Crippen LogP contribution >= 0.6 is 15.9 Å². The number of rotatable bonds is 2. The van der Waals surface area contributed by atoms with E-state index in [2.05, 4.69) is 44.6 Å². The Hall–Kier alpha value is -0.940. The van der Waals surface area contributed by atoms with Crippen LogP contribution in [0.1, 0.15) is 38.8 Å². The lowest BCUT2D eigenvalue weighted by atomic mass is 9.97. The number of hydrogen-bond donors (Lipinski definition) is 0. The topological polar surface area (TPSA) is 33.4 Å². The highest BCUT2D eigenvalue weighted by Gasteiger charge is 2.26. The molecule has 19 heavy (non-hydrogen) atoms. The van der Waals surface area contributed by atoms with Gasteiger partial charge >= 0.3 is 0 Å². The summed E-state index contributed by atoms with van der Waals surface area (Å²) in [6.07, 6.45) is 7.69. The molecule has 2 aromatic rings. The fourth-order valence-corrected chi connectivity index (χ4v) is 3.46. The Bertz CT molecular complexity index is 570. The monoisotopic (exact) mass is 322 g/mol. The second-order valence-electron chi connectivity index (χ2n) is 5.44. The molecule has 1 aliphatic heterocycles. The summed E-state index contributed by atoms with van der Waals surface area (Å²) in [7, 11) is 0. The molecule has 0 aromatic carbocycles. The number of fused-ring (bicyclic) bond motifs is 1. The van der Waals surface area contributed by atoms with Crippen molar-refractivity contribution in [1.82, 2.24) is 19.3 Å². The normalized spacial score (nSPS) is 25.0. The molecule has 0 spiro atoms. The number of aromatic nitrogens is 3. The SMILES string of the molecule is CC1CCCC(C)N1Cc1nc2ncccn2c1Br. The highest BCUT2D eigenvalue weighted by Crippen LogP contribution is 2.27. The molecule has 5 heteroatoms. The van der Waals surface area contributed by atoms with Crippen molar-refractivity contribution in [2.24, 2.45) is 0 Å². The number of halogens is 1. The first-order chi connectivity index (χ1) is 9.16. The molecule has 1 aliphatic rings. The molecule has 2 atom stereocenters. The van der Waals surface area contributed by atoms with Gasteiger partial charge in [-0.05, 0) is 48.7 Å². The molecule has 0 aliphatic carbocycles. The van der Waals surface area contributed by atoms with Crippen LogP contribution in [0.15, 0.2) is 23.1 Å². The van der Waals surface area contributed by atoms with E-state index in [1.165, 1.54) is 19.3 Å². The predicted octanol–water partition coefficient (Wildman–Crippen LogP) is 3.25. The van der Waals surface area contributed by atoms with E-state index in [9.17, 15) is 0 Å². The molecule has 1 fully saturated rings. The van der Waals surface area contributed by atoms with Crippen LogP contribution in [-0.2, 0) is 6.54 Å². The van der Waals surface area contributed by atoms with E-state index >= 15 is 0 Å². The lowest BCUT2D eigenvalue weighted by Gasteiger charge is -2.38. The summed E-state index contributed by atoms with van der Waals surface area (Å²) in [5.74, 6) is 0.765. The molecule has 102 valence electrons. The molecule has 0 saturated carbocycles. The van der Waals surface area contributed by atoms with E-state index in [1.807, 2.05) is 16.7 Å². The number of imidazole rings is 1. The zero-order chi connectivity index (χ0) is 13.4. The van der Waals surface area contributed by atoms with Crippen LogP contribution in [0.4, 0.5) is 0 Å². The first kappa shape index (κ1) is 13.1. The summed E-state index contributed by atoms with van der Waals surface area (Å²) < 4.78 is 3.02. The Balaban J connectivity index is 1.90. The first-order valence-corrected chi connectivity index (χ1v) is 7.69. The van der Waals surface area contributed by atoms with E-state index in [4.69, 9.17) is 0 Å². The van der Waals surface area contributed by atoms with Crippen molar-refractivity contribution in [1.29, 1.82) is 0 Å². The molecule has 4 nitrogen and oxygen atoms in total. The summed E-state index contributed by atoms with van der Waals surface area (Å²) in [6.45, 7) is 5.53. The van der Waals surface area contributed by atoms with Crippen LogP contribution < -0.4 is 0 Å². The minimum absolute atomic E-state index is 0.633. The standard InChI is InChI=1S/C14H19BrN4/c1-10-5-3-6-11(2)19(10)9-12-13(15)18-8-4-7-16-14(18)17-12/h4,7-8,10-11H,3,5-6,9H2,1-2H3. The minimum Gasteiger partial charge on any atom is -0.292 e. The van der Waals surface area contributed by atoms with Gasteiger partial charge in [-0.3, -0.25) is 9.30 Å². The number of likely N-dealkylation sites (tertiary alicyclic amines) is 1. The molecule has 3 rings (SSSR count). The van der Waals surface area contributed by atoms with Gasteiger partial charge in [-0.1, -0.05) is 6.42 Å². The molecular formula is C14H19BrN4. The van der Waals surface area contributed by atoms with Crippen molar-refractivity contribution in [3.8, 4) is 0 Å². The second kappa shape index (κ2) is 5.21. The highest BCUT2D eigenvalue weighted by atomic mass is 79.9. The number of piperidine rings is 1. The third-order valence-corrected chi connectivity index (χ3v) is 4.96. The van der Waals surface area contributed by atoms with E-state index in [1.54, 1.807) is 6.20 Å². The van der Waals surface area contributed by atoms with Gasteiger partial charge in [-0.2, -0.15) is 0 Å². The van der Waals surface area contributed by atoms with Gasteiger partial charge in [0, 0.05) is 31.0 Å². The lowest BCUT2D eigenvalue weighted by molar-refractivity contribution is 0.0937. The Morgan fingerprint density at radius 3 is 2.74 bits per heavy atom. The quantitative estimate of drug-likeness (QED) is 0.851. The number of nitrogens with zero attached hydrogens (tertiary/aromatic N) is 4. The molecule has 0 bridgehead atoms. The summed E-state index contributed by atoms with van der Waals surface area (Å²) in [5.41, 5.74) is 1.08. The van der Waals surface area contributed by atoms with Crippen LogP contribution in [0, 0.1) is 0 Å². The van der Waals surface area contributed by atoms with Gasteiger partial charge in [0.15, 0.2) is 0 Å². The molecule has 2 aromatic heterocycles. The van der Waals surface area contributed by atoms with E-state index in [0.29, 0.717) is 12.1 Å². The van der Waals surface area contributed by atoms with Crippen molar-refractivity contribution in [3.05, 3.63) is 28.8 Å². The van der Waals surface area contributed by atoms with Gasteiger partial charge in [0.25, 0.3) is 0 Å². The summed E-state index contributed by atoms with van der Waals surface area (Å²) in [4.78, 5) is 11.5. The highest BCUT2D eigenvalue weighted by molar-refractivity contribution is 9.10. The maximum Gasteiger partial charge on any atom is 0.234 e. The summed E-state index contributed by atoms with van der Waals surface area (Å²) in [6, 6.07) is 3.19. The predicted molar refractivity (Wildman–Crippen MR) is 79.0 cm³/mol. The van der Waals surface area contributed by atoms with Crippen molar-refractivity contribution in [3.63, 3.8) is 0 Å². The van der Waals surface area contributed by atoms with Gasteiger partial charge < -0.3 is 0 Å². The van der Waals surface area contributed by atoms with E-state index in [0.717, 1.165) is 22.6 Å². The first-order valence-electron chi connectivity index (χ1n) is 6.90. The molecule has 0 amide bonds. The second-order valence-corrected chi connectivity index (χ2v) is 6.19. The van der Waals surface area contributed by atoms with Crippen LogP contribution in [0.5, 0.6) is 0 Å². The third kappa shape index (κ3) is 2.41. The zero-order valence-electron chi connectivity index (χ0n) is 11.4. The van der Waals surface area contributed by atoms with E-state index < -0.39 is 0 Å². The summed E-state index contributed by atoms with van der Waals surface area (Å²) >= 11 is 3.65. The number of hydrogen-bond acceptors (Lipinski definition) is 3. The van der Waals surface area contributed by atoms with Crippen LogP contribution in [0.3, 0.4) is 0 Å². The fraction of sp³-hybridized carbons (Fsp3) is 0.571. The summed E-state index contributed by atoms with van der Waals surface area (Å²) in [5, 5.41) is 0. The Morgan fingerprint density at radius 1 is 1.32 bits per heavy atom. The van der Waals surface area contributed by atoms with Gasteiger partial charge in [0.2, 0.25) is 5.78 Å². The third-order valence-electron chi connectivity index (χ3n) is 4.12. The van der Waals surface area contributed by atoms with Gasteiger partial charge in [-0.25, -0.2) is 9.97 Å². The van der Waals surface area contributed by atoms with Gasteiger partial charge in [0.1, 0.15) is 4.60 Å². The largest absolute Gasteiger partial charge is 0.292 e. The zero-order valence-corrected chi connectivity index (χ0v) is 13.0. The average molecular weight is 323 g/mol. The molecule has 0 N–H and O–H groups in total. The van der Waals surface area contributed by atoms with Crippen LogP contribution in [0.25, 0.3) is 5.78 Å². The minimum atomic E-state index is 0.633. The Kier molecular flexibility index (Phi) is 3.58. The molecule has 0 radical (unpaired) electrons. The van der Waals surface area contributed by atoms with Crippen molar-refractivity contribution in [2.45, 2.75) is 51.7 Å². The Morgan fingerprint density at radius 2 is 2.05 bits per heavy atom. The molecule has 3 heterocycles. The maximum atomic E-state index is 4.64. The molecule has 1 saturated heterocycles. The smallest absolute Gasteiger partial charge is 0.234 e. The molecule has 2 unspecified atom stereocenters. The average Bonchev–Trinajstić information content (AvgIpc) is 2.72. The van der Waals surface area contributed by atoms with Crippen LogP contribution in [0.2, 0.25) is 0 Å². The van der Waals surface area contributed by atoms with Crippen molar-refractivity contribution >= 4 is 21.7 Å². The van der Waals surface area contributed by atoms with E-state index in [-0.39, 0.29) is 0 Å². The van der Waals surface area contributed by atoms with Crippen molar-refractivity contribution < 1.29 is 0 Å². The maximum absolute atomic E-state index is 4.64. The Labute approximate surface area is 122 Å². The van der Waals surface area contributed by atoms with Crippen LogP contribution in [-0.4, -0.2) is 31.4 Å². The lowest BCUT2D eigenvalue weighted by Crippen LogP contribution is -2.43. The van der Waals surface area contributed by atoms with Crippen molar-refractivity contribution in [2.75, 3.05) is 0 Å². The fourth-order valence-electron chi connectivity index (χ4n) is 2.96.